The summed E-state index contributed by atoms with van der Waals surface area (Å²) in [5.41, 5.74) is 8.47. The summed E-state index contributed by atoms with van der Waals surface area (Å²) < 4.78 is 0. The summed E-state index contributed by atoms with van der Waals surface area (Å²) >= 11 is 0. The number of hydrogen-bond acceptors (Lipinski definition) is 4. The number of rotatable bonds is 3. The van der Waals surface area contributed by atoms with Gasteiger partial charge >= 0.3 is 0 Å². The molecule has 3 rings (SSSR count). The van der Waals surface area contributed by atoms with E-state index >= 15 is 0 Å². The molecule has 0 bridgehead atoms. The van der Waals surface area contributed by atoms with Gasteiger partial charge in [0, 0.05) is 25.6 Å². The summed E-state index contributed by atoms with van der Waals surface area (Å²) in [4.78, 5) is 21.3. The number of benzene rings is 1. The molecule has 1 aromatic carbocycles. The lowest BCUT2D eigenvalue weighted by Crippen LogP contribution is -2.40. The highest BCUT2D eigenvalue weighted by Crippen LogP contribution is 2.31. The second-order valence-electron chi connectivity index (χ2n) is 5.30. The number of aromatic amines is 1. The molecular formula is C16H20N4O. The van der Waals surface area contributed by atoms with Crippen LogP contribution in [0.2, 0.25) is 0 Å². The Balaban J connectivity index is 2.03. The number of fused-ring (bicyclic) bond motifs is 1. The molecule has 1 unspecified atom stereocenters. The summed E-state index contributed by atoms with van der Waals surface area (Å²) in [6.45, 7) is 3.32. The van der Waals surface area contributed by atoms with Crippen molar-refractivity contribution in [3.8, 4) is 0 Å². The quantitative estimate of drug-likeness (QED) is 0.893. The number of nitrogens with one attached hydrogen (secondary N) is 1. The van der Waals surface area contributed by atoms with Crippen LogP contribution in [0.1, 0.15) is 29.9 Å². The number of anilines is 1. The van der Waals surface area contributed by atoms with Gasteiger partial charge in [-0.1, -0.05) is 31.2 Å². The maximum atomic E-state index is 11.8. The van der Waals surface area contributed by atoms with E-state index in [0.29, 0.717) is 18.8 Å². The Morgan fingerprint density at radius 3 is 3.00 bits per heavy atom. The number of nitrogens with zero attached hydrogens (tertiary/aromatic N) is 2. The third kappa shape index (κ3) is 2.56. The molecule has 0 saturated carbocycles. The van der Waals surface area contributed by atoms with Gasteiger partial charge < -0.3 is 15.6 Å². The first-order valence-electron chi connectivity index (χ1n) is 7.37. The lowest BCUT2D eigenvalue weighted by Gasteiger charge is -2.37. The molecule has 0 aliphatic carbocycles. The molecule has 0 fully saturated rings. The topological polar surface area (TPSA) is 75.0 Å². The van der Waals surface area contributed by atoms with Crippen LogP contribution >= 0.6 is 0 Å². The minimum Gasteiger partial charge on any atom is -0.348 e. The molecule has 2 aromatic rings. The molecular weight excluding hydrogens is 264 g/mol. The molecule has 0 spiro atoms. The highest BCUT2D eigenvalue weighted by molar-refractivity contribution is 5.47. The van der Waals surface area contributed by atoms with Gasteiger partial charge in [-0.3, -0.25) is 4.79 Å². The molecule has 3 N–H and O–H groups in total. The van der Waals surface area contributed by atoms with Crippen molar-refractivity contribution in [2.75, 3.05) is 18.0 Å². The van der Waals surface area contributed by atoms with Gasteiger partial charge in [-0.15, -0.1) is 0 Å². The van der Waals surface area contributed by atoms with E-state index in [1.165, 1.54) is 11.1 Å². The zero-order valence-electron chi connectivity index (χ0n) is 12.2. The molecule has 5 nitrogen and oxygen atoms in total. The smallest absolute Gasteiger partial charge is 0.252 e. The van der Waals surface area contributed by atoms with Gasteiger partial charge in [0.2, 0.25) is 0 Å². The SMILES string of the molecule is CCc1nc(N2CCc3ccccc3C2CN)cc(=O)[nH]1. The first-order valence-corrected chi connectivity index (χ1v) is 7.37. The van der Waals surface area contributed by atoms with E-state index in [0.717, 1.165) is 18.8 Å². The van der Waals surface area contributed by atoms with Crippen LogP contribution in [0.25, 0.3) is 0 Å². The molecule has 0 radical (unpaired) electrons. The molecule has 1 aromatic heterocycles. The summed E-state index contributed by atoms with van der Waals surface area (Å²) in [5.74, 6) is 1.44. The molecule has 0 amide bonds. The molecule has 2 heterocycles. The predicted molar refractivity (Wildman–Crippen MR) is 83.5 cm³/mol. The number of aromatic nitrogens is 2. The molecule has 1 aliphatic heterocycles. The Morgan fingerprint density at radius 2 is 2.24 bits per heavy atom. The number of nitrogens with two attached hydrogens (primary N) is 1. The summed E-state index contributed by atoms with van der Waals surface area (Å²) in [6, 6.07) is 10.0. The minimum absolute atomic E-state index is 0.0777. The Hall–Kier alpha value is -2.14. The first-order chi connectivity index (χ1) is 10.2. The van der Waals surface area contributed by atoms with Gasteiger partial charge in [-0.05, 0) is 17.5 Å². The Labute approximate surface area is 123 Å². The summed E-state index contributed by atoms with van der Waals surface area (Å²) in [7, 11) is 0. The highest BCUT2D eigenvalue weighted by Gasteiger charge is 2.27. The third-order valence-corrected chi connectivity index (χ3v) is 4.04. The maximum absolute atomic E-state index is 11.8. The lowest BCUT2D eigenvalue weighted by molar-refractivity contribution is 0.581. The van der Waals surface area contributed by atoms with Crippen molar-refractivity contribution in [3.63, 3.8) is 0 Å². The predicted octanol–water partition coefficient (Wildman–Crippen LogP) is 1.39. The van der Waals surface area contributed by atoms with E-state index in [4.69, 9.17) is 5.73 Å². The normalized spacial score (nSPS) is 17.6. The van der Waals surface area contributed by atoms with Gasteiger partial charge in [0.15, 0.2) is 0 Å². The van der Waals surface area contributed by atoms with Crippen LogP contribution in [0.3, 0.4) is 0 Å². The maximum Gasteiger partial charge on any atom is 0.252 e. The average molecular weight is 284 g/mol. The zero-order chi connectivity index (χ0) is 14.8. The first kappa shape index (κ1) is 13.8. The van der Waals surface area contributed by atoms with Crippen molar-refractivity contribution >= 4 is 5.82 Å². The van der Waals surface area contributed by atoms with Crippen LogP contribution in [0, 0.1) is 0 Å². The van der Waals surface area contributed by atoms with Crippen molar-refractivity contribution < 1.29 is 0 Å². The van der Waals surface area contributed by atoms with E-state index in [1.54, 1.807) is 6.07 Å². The monoisotopic (exact) mass is 284 g/mol. The van der Waals surface area contributed by atoms with E-state index in [9.17, 15) is 4.79 Å². The second-order valence-corrected chi connectivity index (χ2v) is 5.30. The summed E-state index contributed by atoms with van der Waals surface area (Å²) in [5, 5.41) is 0. The van der Waals surface area contributed by atoms with Crippen molar-refractivity contribution in [3.05, 3.63) is 57.6 Å². The minimum atomic E-state index is -0.105. The number of hydrogen-bond donors (Lipinski definition) is 2. The lowest BCUT2D eigenvalue weighted by atomic mass is 9.92. The van der Waals surface area contributed by atoms with E-state index in [2.05, 4.69) is 33.1 Å². The van der Waals surface area contributed by atoms with Crippen LogP contribution < -0.4 is 16.2 Å². The van der Waals surface area contributed by atoms with Crippen molar-refractivity contribution in [1.29, 1.82) is 0 Å². The van der Waals surface area contributed by atoms with Crippen LogP contribution in [0.15, 0.2) is 35.1 Å². The van der Waals surface area contributed by atoms with E-state index in [1.807, 2.05) is 13.0 Å². The number of aryl methyl sites for hydroxylation is 1. The van der Waals surface area contributed by atoms with Crippen molar-refractivity contribution in [2.45, 2.75) is 25.8 Å². The third-order valence-electron chi connectivity index (χ3n) is 4.04. The van der Waals surface area contributed by atoms with E-state index < -0.39 is 0 Å². The Morgan fingerprint density at radius 1 is 1.43 bits per heavy atom. The highest BCUT2D eigenvalue weighted by atomic mass is 16.1. The van der Waals surface area contributed by atoms with Gasteiger partial charge in [-0.2, -0.15) is 0 Å². The van der Waals surface area contributed by atoms with Gasteiger partial charge in [0.1, 0.15) is 11.6 Å². The largest absolute Gasteiger partial charge is 0.348 e. The molecule has 1 aliphatic rings. The second kappa shape index (κ2) is 5.69. The molecule has 5 heteroatoms. The molecule has 0 saturated heterocycles. The van der Waals surface area contributed by atoms with Gasteiger partial charge in [0.05, 0.1) is 6.04 Å². The fourth-order valence-corrected chi connectivity index (χ4v) is 2.99. The Kier molecular flexibility index (Phi) is 3.75. The van der Waals surface area contributed by atoms with Crippen LogP contribution in [0.5, 0.6) is 0 Å². The van der Waals surface area contributed by atoms with Crippen molar-refractivity contribution in [1.82, 2.24) is 9.97 Å². The zero-order valence-corrected chi connectivity index (χ0v) is 12.2. The van der Waals surface area contributed by atoms with Crippen LogP contribution in [-0.4, -0.2) is 23.1 Å². The van der Waals surface area contributed by atoms with Gasteiger partial charge in [0.25, 0.3) is 5.56 Å². The summed E-state index contributed by atoms with van der Waals surface area (Å²) in [6.07, 6.45) is 1.66. The molecule has 21 heavy (non-hydrogen) atoms. The average Bonchev–Trinajstić information content (AvgIpc) is 2.53. The van der Waals surface area contributed by atoms with Crippen LogP contribution in [-0.2, 0) is 12.8 Å². The fourth-order valence-electron chi connectivity index (χ4n) is 2.99. The van der Waals surface area contributed by atoms with Crippen molar-refractivity contribution in [2.24, 2.45) is 5.73 Å². The number of H-pyrrole nitrogens is 1. The standard InChI is InChI=1S/C16H20N4O/c1-2-14-18-15(9-16(21)19-14)20-8-7-11-5-3-4-6-12(11)13(20)10-17/h3-6,9,13H,2,7-8,10,17H2,1H3,(H,18,19,21). The van der Waals surface area contributed by atoms with E-state index in [-0.39, 0.29) is 11.6 Å². The molecule has 1 atom stereocenters. The Bertz CT molecular complexity index is 695. The molecule has 110 valence electrons. The van der Waals surface area contributed by atoms with Crippen LogP contribution in [0.4, 0.5) is 5.82 Å². The fraction of sp³-hybridized carbons (Fsp3) is 0.375. The van der Waals surface area contributed by atoms with Gasteiger partial charge in [-0.25, -0.2) is 4.98 Å².